The molecule has 0 bridgehead atoms. The normalized spacial score (nSPS) is 16.5. The average Bonchev–Trinajstić information content (AvgIpc) is 2.41. The maximum atomic E-state index is 11.4. The molecule has 1 aliphatic rings. The third-order valence-corrected chi connectivity index (χ3v) is 3.80. The number of carbonyl (C=O) groups excluding carboxylic acids is 1. The summed E-state index contributed by atoms with van der Waals surface area (Å²) in [6.07, 6.45) is 8.25. The molecule has 2 rings (SSSR count). The predicted molar refractivity (Wildman–Crippen MR) is 74.9 cm³/mol. The van der Waals surface area contributed by atoms with Crippen LogP contribution in [0, 0.1) is 0 Å². The summed E-state index contributed by atoms with van der Waals surface area (Å²) in [6, 6.07) is 3.85. The minimum absolute atomic E-state index is 0.0257. The van der Waals surface area contributed by atoms with Crippen LogP contribution in [0.5, 0.6) is 0 Å². The molecule has 0 unspecified atom stereocenters. The Hall–Kier alpha value is -1.10. The van der Waals surface area contributed by atoms with E-state index in [9.17, 15) is 4.79 Å². The van der Waals surface area contributed by atoms with E-state index in [0.29, 0.717) is 17.5 Å². The molecule has 98 valence electrons. The SMILES string of the molecule is CSCC(=O)Nc1ccc(C2CCCCC2)nn1. The van der Waals surface area contributed by atoms with Gasteiger partial charge in [-0.25, -0.2) is 0 Å². The summed E-state index contributed by atoms with van der Waals surface area (Å²) in [6.45, 7) is 0. The highest BCUT2D eigenvalue weighted by Gasteiger charge is 2.17. The first kappa shape index (κ1) is 13.3. The van der Waals surface area contributed by atoms with Crippen molar-refractivity contribution in [1.29, 1.82) is 0 Å². The van der Waals surface area contributed by atoms with E-state index < -0.39 is 0 Å². The highest BCUT2D eigenvalue weighted by molar-refractivity contribution is 7.99. The van der Waals surface area contributed by atoms with Gasteiger partial charge in [-0.15, -0.1) is 5.10 Å². The lowest BCUT2D eigenvalue weighted by molar-refractivity contribution is -0.113. The Bertz CT molecular complexity index is 388. The summed E-state index contributed by atoms with van der Waals surface area (Å²) in [5.41, 5.74) is 1.07. The highest BCUT2D eigenvalue weighted by Crippen LogP contribution is 2.31. The molecule has 4 nitrogen and oxygen atoms in total. The van der Waals surface area contributed by atoms with Gasteiger partial charge in [0.2, 0.25) is 5.91 Å². The topological polar surface area (TPSA) is 54.9 Å². The van der Waals surface area contributed by atoms with Crippen LogP contribution in [0.25, 0.3) is 0 Å². The van der Waals surface area contributed by atoms with Crippen LogP contribution in [-0.2, 0) is 4.79 Å². The van der Waals surface area contributed by atoms with E-state index in [1.165, 1.54) is 43.9 Å². The molecule has 1 amide bonds. The number of nitrogens with one attached hydrogen (secondary N) is 1. The van der Waals surface area contributed by atoms with Crippen molar-refractivity contribution in [2.45, 2.75) is 38.0 Å². The first-order valence-corrected chi connectivity index (χ1v) is 7.81. The van der Waals surface area contributed by atoms with Gasteiger partial charge in [-0.3, -0.25) is 4.79 Å². The number of anilines is 1. The fourth-order valence-corrected chi connectivity index (χ4v) is 2.67. The Morgan fingerprint density at radius 3 is 2.72 bits per heavy atom. The molecule has 1 N–H and O–H groups in total. The second-order valence-electron chi connectivity index (χ2n) is 4.66. The van der Waals surface area contributed by atoms with Gasteiger partial charge in [0.15, 0.2) is 5.82 Å². The van der Waals surface area contributed by atoms with Crippen molar-refractivity contribution in [1.82, 2.24) is 10.2 Å². The number of hydrogen-bond donors (Lipinski definition) is 1. The Morgan fingerprint density at radius 2 is 2.11 bits per heavy atom. The predicted octanol–water partition coefficient (Wildman–Crippen LogP) is 2.83. The molecule has 5 heteroatoms. The van der Waals surface area contributed by atoms with Gasteiger partial charge in [0.25, 0.3) is 0 Å². The summed E-state index contributed by atoms with van der Waals surface area (Å²) in [7, 11) is 0. The molecule has 0 aliphatic heterocycles. The summed E-state index contributed by atoms with van der Waals surface area (Å²) in [5, 5.41) is 11.1. The summed E-state index contributed by atoms with van der Waals surface area (Å²) >= 11 is 1.49. The first-order chi connectivity index (χ1) is 8.79. The molecule has 1 aromatic heterocycles. The van der Waals surface area contributed by atoms with Gasteiger partial charge in [0, 0.05) is 5.92 Å². The molecular weight excluding hydrogens is 246 g/mol. The molecule has 0 radical (unpaired) electrons. The van der Waals surface area contributed by atoms with E-state index in [4.69, 9.17) is 0 Å². The van der Waals surface area contributed by atoms with Crippen LogP contribution in [0.3, 0.4) is 0 Å². The van der Waals surface area contributed by atoms with Crippen LogP contribution >= 0.6 is 11.8 Å². The van der Waals surface area contributed by atoms with Gasteiger partial charge in [-0.05, 0) is 31.2 Å². The lowest BCUT2D eigenvalue weighted by atomic mass is 9.87. The lowest BCUT2D eigenvalue weighted by Crippen LogP contribution is -2.16. The minimum Gasteiger partial charge on any atom is -0.308 e. The molecular formula is C13H19N3OS. The molecule has 0 saturated heterocycles. The molecule has 0 atom stereocenters. The summed E-state index contributed by atoms with van der Waals surface area (Å²) in [4.78, 5) is 11.4. The maximum Gasteiger partial charge on any atom is 0.235 e. The molecule has 18 heavy (non-hydrogen) atoms. The molecule has 1 saturated carbocycles. The Kier molecular flexibility index (Phi) is 4.99. The Labute approximate surface area is 112 Å². The first-order valence-electron chi connectivity index (χ1n) is 6.42. The summed E-state index contributed by atoms with van der Waals surface area (Å²) in [5.74, 6) is 1.53. The van der Waals surface area contributed by atoms with E-state index in [0.717, 1.165) is 5.69 Å². The zero-order chi connectivity index (χ0) is 12.8. The number of hydrogen-bond acceptors (Lipinski definition) is 4. The number of amides is 1. The smallest absolute Gasteiger partial charge is 0.235 e. The highest BCUT2D eigenvalue weighted by atomic mass is 32.2. The largest absolute Gasteiger partial charge is 0.308 e. The molecule has 1 aromatic rings. The molecule has 1 heterocycles. The van der Waals surface area contributed by atoms with Crippen LogP contribution in [0.2, 0.25) is 0 Å². The van der Waals surface area contributed by atoms with Gasteiger partial charge in [0.1, 0.15) is 0 Å². The molecule has 1 aliphatic carbocycles. The standard InChI is InChI=1S/C13H19N3OS/c1-18-9-13(17)14-12-8-7-11(15-16-12)10-5-3-2-4-6-10/h7-8,10H,2-6,9H2,1H3,(H,14,16,17). The van der Waals surface area contributed by atoms with Crippen molar-refractivity contribution in [2.75, 3.05) is 17.3 Å². The van der Waals surface area contributed by atoms with Crippen molar-refractivity contribution >= 4 is 23.5 Å². The third-order valence-electron chi connectivity index (χ3n) is 3.25. The molecule has 1 fully saturated rings. The zero-order valence-electron chi connectivity index (χ0n) is 10.7. The van der Waals surface area contributed by atoms with Gasteiger partial charge in [0.05, 0.1) is 11.4 Å². The van der Waals surface area contributed by atoms with Crippen LogP contribution in [0.1, 0.15) is 43.7 Å². The fraction of sp³-hybridized carbons (Fsp3) is 0.615. The second-order valence-corrected chi connectivity index (χ2v) is 5.53. The van der Waals surface area contributed by atoms with Gasteiger partial charge < -0.3 is 5.32 Å². The van der Waals surface area contributed by atoms with E-state index in [2.05, 4.69) is 15.5 Å². The van der Waals surface area contributed by atoms with E-state index in [1.807, 2.05) is 18.4 Å². The average molecular weight is 265 g/mol. The van der Waals surface area contributed by atoms with E-state index in [-0.39, 0.29) is 5.91 Å². The van der Waals surface area contributed by atoms with E-state index >= 15 is 0 Å². The van der Waals surface area contributed by atoms with Gasteiger partial charge in [-0.1, -0.05) is 19.3 Å². The van der Waals surface area contributed by atoms with Crippen molar-refractivity contribution in [3.8, 4) is 0 Å². The van der Waals surface area contributed by atoms with E-state index in [1.54, 1.807) is 0 Å². The number of rotatable bonds is 4. The Morgan fingerprint density at radius 1 is 1.33 bits per heavy atom. The maximum absolute atomic E-state index is 11.4. The lowest BCUT2D eigenvalue weighted by Gasteiger charge is -2.20. The fourth-order valence-electron chi connectivity index (χ4n) is 2.34. The van der Waals surface area contributed by atoms with Crippen molar-refractivity contribution in [3.05, 3.63) is 17.8 Å². The number of aromatic nitrogens is 2. The Balaban J connectivity index is 1.94. The van der Waals surface area contributed by atoms with Crippen LogP contribution in [-0.4, -0.2) is 28.1 Å². The number of carbonyl (C=O) groups is 1. The zero-order valence-corrected chi connectivity index (χ0v) is 11.5. The summed E-state index contributed by atoms with van der Waals surface area (Å²) < 4.78 is 0. The second kappa shape index (κ2) is 6.73. The number of nitrogens with zero attached hydrogens (tertiary/aromatic N) is 2. The number of thioether (sulfide) groups is 1. The van der Waals surface area contributed by atoms with Crippen molar-refractivity contribution in [2.24, 2.45) is 0 Å². The van der Waals surface area contributed by atoms with Crippen molar-refractivity contribution in [3.63, 3.8) is 0 Å². The monoisotopic (exact) mass is 265 g/mol. The van der Waals surface area contributed by atoms with Crippen LogP contribution in [0.15, 0.2) is 12.1 Å². The van der Waals surface area contributed by atoms with Gasteiger partial charge in [-0.2, -0.15) is 16.9 Å². The van der Waals surface area contributed by atoms with Crippen molar-refractivity contribution < 1.29 is 4.79 Å². The van der Waals surface area contributed by atoms with Crippen LogP contribution in [0.4, 0.5) is 5.82 Å². The molecule has 0 aromatic carbocycles. The van der Waals surface area contributed by atoms with Crippen LogP contribution < -0.4 is 5.32 Å². The minimum atomic E-state index is -0.0257. The van der Waals surface area contributed by atoms with Gasteiger partial charge >= 0.3 is 0 Å². The molecule has 0 spiro atoms. The third kappa shape index (κ3) is 3.70. The quantitative estimate of drug-likeness (QED) is 0.909.